The summed E-state index contributed by atoms with van der Waals surface area (Å²) in [7, 11) is -0.250. The van der Waals surface area contributed by atoms with E-state index in [1.54, 1.807) is 12.1 Å². The van der Waals surface area contributed by atoms with Gasteiger partial charge in [0.25, 0.3) is 0 Å². The minimum Gasteiger partial charge on any atom is -0.385 e. The molecule has 1 aromatic rings. The lowest BCUT2D eigenvalue weighted by Crippen LogP contribution is -2.22. The molecule has 0 aliphatic heterocycles. The Balaban J connectivity index is 2.44. The Kier molecular flexibility index (Phi) is 7.40. The number of anilines is 1. The molecule has 4 nitrogen and oxygen atoms in total. The van der Waals surface area contributed by atoms with Gasteiger partial charge in [-0.1, -0.05) is 6.42 Å². The van der Waals surface area contributed by atoms with Crippen LogP contribution in [0.3, 0.4) is 0 Å². The predicted octanol–water partition coefficient (Wildman–Crippen LogP) is 2.88. The van der Waals surface area contributed by atoms with Crippen LogP contribution in [0.5, 0.6) is 0 Å². The highest BCUT2D eigenvalue weighted by Gasteiger charge is 2.16. The van der Waals surface area contributed by atoms with E-state index >= 15 is 0 Å². The molecule has 0 bridgehead atoms. The molecule has 1 aromatic carbocycles. The van der Waals surface area contributed by atoms with E-state index in [2.05, 4.69) is 11.6 Å². The second-order valence-corrected chi connectivity index (χ2v) is 7.93. The third-order valence-electron chi connectivity index (χ3n) is 2.99. The van der Waals surface area contributed by atoms with Crippen LogP contribution in [0.1, 0.15) is 19.3 Å². The molecule has 1 rings (SSSR count). The molecule has 20 heavy (non-hydrogen) atoms. The molecular weight excluding hydrogens is 292 g/mol. The van der Waals surface area contributed by atoms with Crippen LogP contribution in [0, 0.1) is 0 Å². The smallest absolute Gasteiger partial charge is 0.242 e. The normalized spacial score (nSPS) is 11.8. The van der Waals surface area contributed by atoms with Gasteiger partial charge in [0.1, 0.15) is 0 Å². The zero-order valence-corrected chi connectivity index (χ0v) is 14.1. The molecule has 0 aromatic heterocycles. The van der Waals surface area contributed by atoms with Crippen LogP contribution in [0.4, 0.5) is 5.69 Å². The summed E-state index contributed by atoms with van der Waals surface area (Å²) in [5.74, 6) is 1.22. The Morgan fingerprint density at radius 2 is 1.75 bits per heavy atom. The molecule has 0 radical (unpaired) electrons. The summed E-state index contributed by atoms with van der Waals surface area (Å²) in [5, 5.41) is 3.31. The van der Waals surface area contributed by atoms with Gasteiger partial charge >= 0.3 is 0 Å². The third kappa shape index (κ3) is 5.34. The quantitative estimate of drug-likeness (QED) is 0.712. The van der Waals surface area contributed by atoms with E-state index in [-0.39, 0.29) is 0 Å². The van der Waals surface area contributed by atoms with Gasteiger partial charge in [-0.3, -0.25) is 0 Å². The van der Waals surface area contributed by atoms with Gasteiger partial charge in [-0.05, 0) is 49.1 Å². The Labute approximate surface area is 127 Å². The van der Waals surface area contributed by atoms with Crippen molar-refractivity contribution in [3.63, 3.8) is 0 Å². The molecule has 0 saturated heterocycles. The second kappa shape index (κ2) is 8.54. The molecule has 0 aliphatic carbocycles. The van der Waals surface area contributed by atoms with Gasteiger partial charge in [-0.25, -0.2) is 12.7 Å². The molecular formula is C14H24N2O2S2. The summed E-state index contributed by atoms with van der Waals surface area (Å²) >= 11 is 1.88. The highest BCUT2D eigenvalue weighted by molar-refractivity contribution is 7.98. The highest BCUT2D eigenvalue weighted by Crippen LogP contribution is 2.16. The number of rotatable bonds is 9. The van der Waals surface area contributed by atoms with Crippen molar-refractivity contribution in [3.8, 4) is 0 Å². The topological polar surface area (TPSA) is 49.4 Å². The number of nitrogens with one attached hydrogen (secondary N) is 1. The van der Waals surface area contributed by atoms with E-state index in [0.29, 0.717) is 4.90 Å². The van der Waals surface area contributed by atoms with Crippen LogP contribution in [-0.4, -0.2) is 45.4 Å². The first-order chi connectivity index (χ1) is 9.48. The van der Waals surface area contributed by atoms with Gasteiger partial charge < -0.3 is 5.32 Å². The lowest BCUT2D eigenvalue weighted by Gasteiger charge is -2.12. The molecule has 0 fully saturated rings. The average molecular weight is 316 g/mol. The van der Waals surface area contributed by atoms with E-state index in [4.69, 9.17) is 0 Å². The number of benzene rings is 1. The summed E-state index contributed by atoms with van der Waals surface area (Å²) in [6, 6.07) is 6.92. The summed E-state index contributed by atoms with van der Waals surface area (Å²) in [6.45, 7) is 0.925. The Hall–Kier alpha value is -0.720. The van der Waals surface area contributed by atoms with Crippen LogP contribution in [0.15, 0.2) is 29.2 Å². The second-order valence-electron chi connectivity index (χ2n) is 4.79. The maximum atomic E-state index is 11.9. The first-order valence-corrected chi connectivity index (χ1v) is 9.57. The van der Waals surface area contributed by atoms with Crippen molar-refractivity contribution in [1.29, 1.82) is 0 Å². The molecule has 0 aliphatic rings. The molecule has 0 spiro atoms. The number of unbranched alkanes of at least 4 members (excludes halogenated alkanes) is 2. The molecule has 0 atom stereocenters. The Morgan fingerprint density at radius 3 is 2.30 bits per heavy atom. The molecule has 114 valence electrons. The van der Waals surface area contributed by atoms with E-state index in [0.717, 1.165) is 18.7 Å². The largest absolute Gasteiger partial charge is 0.385 e. The SMILES string of the molecule is CSCCCCCNc1ccc(S(=O)(=O)N(C)C)cc1. The lowest BCUT2D eigenvalue weighted by molar-refractivity contribution is 0.521. The van der Waals surface area contributed by atoms with Crippen molar-refractivity contribution in [2.24, 2.45) is 0 Å². The van der Waals surface area contributed by atoms with Crippen molar-refractivity contribution in [3.05, 3.63) is 24.3 Å². The summed E-state index contributed by atoms with van der Waals surface area (Å²) in [4.78, 5) is 0.327. The third-order valence-corrected chi connectivity index (χ3v) is 5.51. The van der Waals surface area contributed by atoms with Gasteiger partial charge in [0.05, 0.1) is 4.90 Å². The van der Waals surface area contributed by atoms with Crippen LogP contribution in [-0.2, 0) is 10.0 Å². The zero-order valence-electron chi connectivity index (χ0n) is 12.4. The fourth-order valence-electron chi connectivity index (χ4n) is 1.74. The highest BCUT2D eigenvalue weighted by atomic mass is 32.2. The minimum absolute atomic E-state index is 0.327. The van der Waals surface area contributed by atoms with Crippen molar-refractivity contribution in [2.75, 3.05) is 38.0 Å². The fraction of sp³-hybridized carbons (Fsp3) is 0.571. The van der Waals surface area contributed by atoms with Crippen LogP contribution < -0.4 is 5.32 Å². The zero-order chi connectivity index (χ0) is 15.0. The van der Waals surface area contributed by atoms with Gasteiger partial charge in [0.2, 0.25) is 10.0 Å². The molecule has 1 N–H and O–H groups in total. The van der Waals surface area contributed by atoms with Gasteiger partial charge in [-0.2, -0.15) is 11.8 Å². The minimum atomic E-state index is -3.33. The van der Waals surface area contributed by atoms with E-state index < -0.39 is 10.0 Å². The molecule has 0 unspecified atom stereocenters. The summed E-state index contributed by atoms with van der Waals surface area (Å²) < 4.78 is 25.0. The number of sulfonamides is 1. The Bertz CT molecular complexity index is 484. The molecule has 6 heteroatoms. The van der Waals surface area contributed by atoms with Crippen molar-refractivity contribution in [2.45, 2.75) is 24.2 Å². The van der Waals surface area contributed by atoms with Crippen LogP contribution >= 0.6 is 11.8 Å². The summed E-state index contributed by atoms with van der Waals surface area (Å²) in [6.07, 6.45) is 5.74. The van der Waals surface area contributed by atoms with E-state index in [9.17, 15) is 8.42 Å². The van der Waals surface area contributed by atoms with E-state index in [1.807, 2.05) is 23.9 Å². The maximum Gasteiger partial charge on any atom is 0.242 e. The standard InChI is InChI=1S/C14H24N2O2S2/c1-16(2)20(17,18)14-9-7-13(8-10-14)15-11-5-4-6-12-19-3/h7-10,15H,4-6,11-12H2,1-3H3. The number of nitrogens with zero attached hydrogens (tertiary/aromatic N) is 1. The molecule has 0 amide bonds. The van der Waals surface area contributed by atoms with Gasteiger partial charge in [0, 0.05) is 26.3 Å². The molecule has 0 heterocycles. The predicted molar refractivity (Wildman–Crippen MR) is 88.0 cm³/mol. The lowest BCUT2D eigenvalue weighted by atomic mass is 10.2. The first kappa shape index (κ1) is 17.3. The van der Waals surface area contributed by atoms with Gasteiger partial charge in [0.15, 0.2) is 0 Å². The maximum absolute atomic E-state index is 11.9. The van der Waals surface area contributed by atoms with Crippen molar-refractivity contribution in [1.82, 2.24) is 4.31 Å². The monoisotopic (exact) mass is 316 g/mol. The fourth-order valence-corrected chi connectivity index (χ4v) is 3.13. The number of hydrogen-bond acceptors (Lipinski definition) is 4. The van der Waals surface area contributed by atoms with Crippen LogP contribution in [0.2, 0.25) is 0 Å². The molecule has 0 saturated carbocycles. The van der Waals surface area contributed by atoms with Crippen molar-refractivity contribution < 1.29 is 8.42 Å². The van der Waals surface area contributed by atoms with Gasteiger partial charge in [-0.15, -0.1) is 0 Å². The van der Waals surface area contributed by atoms with Crippen molar-refractivity contribution >= 4 is 27.5 Å². The van der Waals surface area contributed by atoms with Crippen LogP contribution in [0.25, 0.3) is 0 Å². The summed E-state index contributed by atoms with van der Waals surface area (Å²) in [5.41, 5.74) is 0.965. The number of hydrogen-bond donors (Lipinski definition) is 1. The Morgan fingerprint density at radius 1 is 1.10 bits per heavy atom. The number of thioether (sulfide) groups is 1. The first-order valence-electron chi connectivity index (χ1n) is 6.74. The average Bonchev–Trinajstić information content (AvgIpc) is 2.43. The van der Waals surface area contributed by atoms with E-state index in [1.165, 1.54) is 37.0 Å².